The molecule has 60 heavy (non-hydrogen) atoms. The summed E-state index contributed by atoms with van der Waals surface area (Å²) in [5, 5.41) is 5.62. The van der Waals surface area contributed by atoms with E-state index >= 15 is 0 Å². The van der Waals surface area contributed by atoms with Gasteiger partial charge in [0.05, 0.1) is 16.6 Å². The standard InChI is InChI=1S/C56H36N2O2/c1-3-12-37(13-4-1)38-22-24-39(25-23-38)40-26-31-44(32-27-40)57(50-19-11-18-47-46-16-7-9-20-52(46)59-55(47)50)45-33-28-41(29-34-45)42-30-35-48-51(36-42)58(43-14-5-2-6-15-43)56-54(48)49-17-8-10-21-53(49)60-56/h1-36H. The third-order valence-corrected chi connectivity index (χ3v) is 11.8. The lowest BCUT2D eigenvalue weighted by Gasteiger charge is -2.26. The Kier molecular flexibility index (Phi) is 7.82. The minimum Gasteiger partial charge on any atom is -0.454 e. The first-order valence-electron chi connectivity index (χ1n) is 20.3. The van der Waals surface area contributed by atoms with Crippen molar-refractivity contribution >= 4 is 72.0 Å². The van der Waals surface area contributed by atoms with Crippen LogP contribution in [0.5, 0.6) is 0 Å². The lowest BCUT2D eigenvalue weighted by molar-refractivity contribution is 0.645. The third kappa shape index (κ3) is 5.53. The molecule has 0 aliphatic carbocycles. The summed E-state index contributed by atoms with van der Waals surface area (Å²) in [4.78, 5) is 2.31. The van der Waals surface area contributed by atoms with E-state index in [9.17, 15) is 0 Å². The molecule has 0 fully saturated rings. The molecular formula is C56H36N2O2. The first kappa shape index (κ1) is 34.0. The largest absolute Gasteiger partial charge is 0.454 e. The van der Waals surface area contributed by atoms with Crippen LogP contribution >= 0.6 is 0 Å². The highest BCUT2D eigenvalue weighted by molar-refractivity contribution is 6.20. The van der Waals surface area contributed by atoms with Gasteiger partial charge in [0.2, 0.25) is 5.71 Å². The van der Waals surface area contributed by atoms with E-state index in [1.54, 1.807) is 0 Å². The average molecular weight is 769 g/mol. The van der Waals surface area contributed by atoms with Gasteiger partial charge >= 0.3 is 0 Å². The number of hydrogen-bond donors (Lipinski definition) is 0. The summed E-state index contributed by atoms with van der Waals surface area (Å²) in [6, 6.07) is 77.3. The number of fused-ring (bicyclic) bond motifs is 8. The molecule has 3 aromatic heterocycles. The molecule has 0 aliphatic heterocycles. The van der Waals surface area contributed by atoms with Gasteiger partial charge in [-0.15, -0.1) is 0 Å². The summed E-state index contributed by atoms with van der Waals surface area (Å²) >= 11 is 0. The Morgan fingerprint density at radius 1 is 0.350 bits per heavy atom. The maximum absolute atomic E-state index is 6.62. The van der Waals surface area contributed by atoms with Crippen molar-refractivity contribution in [2.75, 3.05) is 4.90 Å². The van der Waals surface area contributed by atoms with E-state index in [1.165, 1.54) is 22.1 Å². The zero-order valence-corrected chi connectivity index (χ0v) is 32.5. The predicted octanol–water partition coefficient (Wildman–Crippen LogP) is 15.9. The van der Waals surface area contributed by atoms with E-state index in [-0.39, 0.29) is 0 Å². The van der Waals surface area contributed by atoms with E-state index in [1.807, 2.05) is 24.3 Å². The Morgan fingerprint density at radius 2 is 0.850 bits per heavy atom. The lowest BCUT2D eigenvalue weighted by Crippen LogP contribution is -2.10. The summed E-state index contributed by atoms with van der Waals surface area (Å²) in [5.74, 6) is 0. The van der Waals surface area contributed by atoms with Gasteiger partial charge in [-0.3, -0.25) is 4.57 Å². The number of para-hydroxylation sites is 4. The van der Waals surface area contributed by atoms with Gasteiger partial charge in [0.15, 0.2) is 5.58 Å². The number of anilines is 3. The molecule has 0 atom stereocenters. The molecule has 0 unspecified atom stereocenters. The van der Waals surface area contributed by atoms with Crippen LogP contribution in [0.25, 0.3) is 94.0 Å². The molecule has 0 N–H and O–H groups in total. The summed E-state index contributed by atoms with van der Waals surface area (Å²) in [6.45, 7) is 0. The van der Waals surface area contributed by atoms with Crippen molar-refractivity contribution in [1.29, 1.82) is 0 Å². The number of benzene rings is 9. The summed E-state index contributed by atoms with van der Waals surface area (Å²) in [6.07, 6.45) is 0. The first-order valence-corrected chi connectivity index (χ1v) is 20.3. The molecular weight excluding hydrogens is 733 g/mol. The molecule has 12 aromatic rings. The normalized spacial score (nSPS) is 11.7. The van der Waals surface area contributed by atoms with E-state index in [0.29, 0.717) is 0 Å². The molecule has 0 bridgehead atoms. The summed E-state index contributed by atoms with van der Waals surface area (Å²) in [7, 11) is 0. The van der Waals surface area contributed by atoms with Crippen molar-refractivity contribution in [2.24, 2.45) is 0 Å². The van der Waals surface area contributed by atoms with Crippen LogP contribution in [-0.2, 0) is 0 Å². The first-order chi connectivity index (χ1) is 29.7. The molecule has 0 aliphatic rings. The van der Waals surface area contributed by atoms with Gasteiger partial charge in [0, 0.05) is 38.6 Å². The molecule has 282 valence electrons. The van der Waals surface area contributed by atoms with Crippen LogP contribution in [0.4, 0.5) is 17.1 Å². The van der Waals surface area contributed by atoms with Crippen LogP contribution in [0.1, 0.15) is 0 Å². The fourth-order valence-corrected chi connectivity index (χ4v) is 8.93. The Balaban J connectivity index is 0.959. The van der Waals surface area contributed by atoms with Crippen LogP contribution in [0.2, 0.25) is 0 Å². The van der Waals surface area contributed by atoms with Gasteiger partial charge in [-0.2, -0.15) is 0 Å². The highest BCUT2D eigenvalue weighted by atomic mass is 16.3. The molecule has 9 aromatic carbocycles. The topological polar surface area (TPSA) is 34.5 Å². The fraction of sp³-hybridized carbons (Fsp3) is 0. The van der Waals surface area contributed by atoms with Gasteiger partial charge < -0.3 is 13.7 Å². The summed E-state index contributed by atoms with van der Waals surface area (Å²) < 4.78 is 15.4. The molecule has 0 spiro atoms. The van der Waals surface area contributed by atoms with Gasteiger partial charge in [0.1, 0.15) is 11.2 Å². The van der Waals surface area contributed by atoms with Gasteiger partial charge in [-0.05, 0) is 94.0 Å². The number of rotatable bonds is 7. The van der Waals surface area contributed by atoms with E-state index in [2.05, 4.69) is 204 Å². The molecule has 0 amide bonds. The molecule has 0 radical (unpaired) electrons. The predicted molar refractivity (Wildman–Crippen MR) is 249 cm³/mol. The number of hydrogen-bond acceptors (Lipinski definition) is 3. The van der Waals surface area contributed by atoms with Crippen molar-refractivity contribution in [3.8, 4) is 39.1 Å². The van der Waals surface area contributed by atoms with Crippen LogP contribution in [-0.4, -0.2) is 4.57 Å². The smallest absolute Gasteiger partial charge is 0.213 e. The fourth-order valence-electron chi connectivity index (χ4n) is 8.93. The van der Waals surface area contributed by atoms with Gasteiger partial charge in [-0.1, -0.05) is 158 Å². The van der Waals surface area contributed by atoms with Crippen molar-refractivity contribution < 1.29 is 8.83 Å². The summed E-state index contributed by atoms with van der Waals surface area (Å²) in [5.41, 5.74) is 15.7. The van der Waals surface area contributed by atoms with Crippen LogP contribution in [0, 0.1) is 0 Å². The number of aromatic nitrogens is 1. The lowest BCUT2D eigenvalue weighted by atomic mass is 10.00. The highest BCUT2D eigenvalue weighted by Gasteiger charge is 2.22. The van der Waals surface area contributed by atoms with Crippen LogP contribution in [0.15, 0.2) is 227 Å². The Hall–Kier alpha value is -8.08. The maximum atomic E-state index is 6.62. The monoisotopic (exact) mass is 768 g/mol. The zero-order chi connectivity index (χ0) is 39.6. The average Bonchev–Trinajstić information content (AvgIpc) is 3.99. The van der Waals surface area contributed by atoms with Crippen molar-refractivity contribution in [3.63, 3.8) is 0 Å². The number of furan rings is 2. The zero-order valence-electron chi connectivity index (χ0n) is 32.5. The van der Waals surface area contributed by atoms with Crippen molar-refractivity contribution in [1.82, 2.24) is 4.57 Å². The Labute approximate surface area is 346 Å². The minimum absolute atomic E-state index is 0.854. The van der Waals surface area contributed by atoms with Gasteiger partial charge in [-0.25, -0.2) is 0 Å². The molecule has 12 rings (SSSR count). The Bertz CT molecular complexity index is 3500. The van der Waals surface area contributed by atoms with E-state index < -0.39 is 0 Å². The van der Waals surface area contributed by atoms with Crippen molar-refractivity contribution in [3.05, 3.63) is 218 Å². The highest BCUT2D eigenvalue weighted by Crippen LogP contribution is 2.44. The molecule has 0 saturated carbocycles. The molecule has 4 nitrogen and oxygen atoms in total. The second-order valence-electron chi connectivity index (χ2n) is 15.3. The second-order valence-corrected chi connectivity index (χ2v) is 15.3. The molecule has 4 heteroatoms. The van der Waals surface area contributed by atoms with E-state index in [4.69, 9.17) is 8.83 Å². The quantitative estimate of drug-likeness (QED) is 0.162. The van der Waals surface area contributed by atoms with Crippen LogP contribution in [0.3, 0.4) is 0 Å². The van der Waals surface area contributed by atoms with Gasteiger partial charge in [0.25, 0.3) is 0 Å². The maximum Gasteiger partial charge on any atom is 0.213 e. The Morgan fingerprint density at radius 3 is 1.52 bits per heavy atom. The van der Waals surface area contributed by atoms with Crippen molar-refractivity contribution in [2.45, 2.75) is 0 Å². The van der Waals surface area contributed by atoms with Crippen LogP contribution < -0.4 is 4.90 Å². The minimum atomic E-state index is 0.854. The number of nitrogens with zero attached hydrogens (tertiary/aromatic N) is 2. The molecule has 0 saturated heterocycles. The van der Waals surface area contributed by atoms with E-state index in [0.717, 1.165) is 89.0 Å². The SMILES string of the molecule is c1ccc(-c2ccc(-c3ccc(N(c4ccc(-c5ccc6c7c8ccccc8oc7n(-c7ccccc7)c6c5)cc4)c4cccc5c4oc4ccccc45)cc3)cc2)cc1. The molecule has 3 heterocycles. The second kappa shape index (κ2) is 13.8. The third-order valence-electron chi connectivity index (χ3n) is 11.8.